The summed E-state index contributed by atoms with van der Waals surface area (Å²) >= 11 is 0. The molecule has 4 fully saturated rings. The van der Waals surface area contributed by atoms with Crippen LogP contribution < -0.4 is 10.6 Å². The maximum Gasteiger partial charge on any atom is 0.254 e. The lowest BCUT2D eigenvalue weighted by molar-refractivity contribution is -0.174. The lowest BCUT2D eigenvalue weighted by Crippen LogP contribution is -2.58. The van der Waals surface area contributed by atoms with Gasteiger partial charge in [-0.3, -0.25) is 14.4 Å². The standard InChI is InChI=1S/C42H75N3O15/c1-22(26-9-10-27-25-8-7-23-18-24(48)12-13-41(23,2)28(25)19-31(51)42(26,27)3)6-11-32(52)43-14-4-16-45(40(60)38(58)36(56)34(54)30(50)21-47)17-5-15-44-39(59)37(57)35(55)33(53)29(49)20-46/h22-31,33-38,46-51,53-58H,4-21H2,1-3H3,(H,43,52)(H,44,59)/t22-,23-,24-,25?,26-,27?,28?,29-,30-,31+,33-,34-,35+,36+,37-,38-,41+,42-/m1/s1. The number of hydrogen-bond donors (Lipinski definition) is 14. The van der Waals surface area contributed by atoms with E-state index in [4.69, 9.17) is 10.2 Å². The van der Waals surface area contributed by atoms with Gasteiger partial charge in [0.2, 0.25) is 5.91 Å². The lowest BCUT2D eigenvalue weighted by Gasteiger charge is -2.62. The van der Waals surface area contributed by atoms with Crippen LogP contribution in [0.3, 0.4) is 0 Å². The number of nitrogens with one attached hydrogen (secondary N) is 2. The van der Waals surface area contributed by atoms with Crippen LogP contribution in [0.2, 0.25) is 0 Å². The second-order valence-corrected chi connectivity index (χ2v) is 18.9. The largest absolute Gasteiger partial charge is 0.394 e. The Hall–Kier alpha value is -2.07. The molecule has 0 aliphatic heterocycles. The summed E-state index contributed by atoms with van der Waals surface area (Å²) in [6.07, 6.45) is -8.11. The van der Waals surface area contributed by atoms with Crippen LogP contribution in [-0.2, 0) is 14.4 Å². The molecule has 60 heavy (non-hydrogen) atoms. The summed E-state index contributed by atoms with van der Waals surface area (Å²) in [5.74, 6) is 0.0436. The summed E-state index contributed by atoms with van der Waals surface area (Å²) in [5, 5.41) is 126. The third kappa shape index (κ3) is 11.2. The van der Waals surface area contributed by atoms with Gasteiger partial charge in [-0.25, -0.2) is 0 Å². The topological polar surface area (TPSA) is 321 Å². The molecule has 4 aliphatic carbocycles. The SMILES string of the molecule is C[C@H](CCC(=O)NCCCN(CCCNC(=O)[C@H](O)[C@@H](O)[C@H](O)[C@H](O)CO)C(=O)[C@H](O)[C@@H](O)[C@H](O)[C@H](O)CO)[C@H]1CCC2C3CC[C@@H]4C[C@H](O)CC[C@]4(C)C3C[C@H](O)[C@@]21C. The molecule has 4 rings (SSSR count). The van der Waals surface area contributed by atoms with E-state index >= 15 is 0 Å². The van der Waals surface area contributed by atoms with Gasteiger partial charge in [0.15, 0.2) is 12.2 Å². The molecule has 3 unspecified atom stereocenters. The molecule has 0 heterocycles. The number of aliphatic hydroxyl groups is 12. The summed E-state index contributed by atoms with van der Waals surface area (Å²) in [7, 11) is 0. The van der Waals surface area contributed by atoms with Crippen molar-refractivity contribution in [3.05, 3.63) is 0 Å². The number of nitrogens with zero attached hydrogens (tertiary/aromatic N) is 1. The van der Waals surface area contributed by atoms with Crippen LogP contribution in [0.5, 0.6) is 0 Å². The first kappa shape index (κ1) is 50.6. The molecular weight excluding hydrogens is 786 g/mol. The Morgan fingerprint density at radius 3 is 1.90 bits per heavy atom. The number of carbonyl (C=O) groups excluding carboxylic acids is 3. The van der Waals surface area contributed by atoms with E-state index in [1.54, 1.807) is 0 Å². The van der Waals surface area contributed by atoms with E-state index in [1.807, 2.05) is 0 Å². The fourth-order valence-corrected chi connectivity index (χ4v) is 11.8. The van der Waals surface area contributed by atoms with Crippen molar-refractivity contribution in [1.29, 1.82) is 0 Å². The molecule has 14 N–H and O–H groups in total. The first-order valence-corrected chi connectivity index (χ1v) is 22.1. The summed E-state index contributed by atoms with van der Waals surface area (Å²) < 4.78 is 0. The van der Waals surface area contributed by atoms with E-state index in [0.717, 1.165) is 56.3 Å². The predicted octanol–water partition coefficient (Wildman–Crippen LogP) is -2.89. The molecule has 18 nitrogen and oxygen atoms in total. The van der Waals surface area contributed by atoms with Gasteiger partial charge in [-0.05, 0) is 117 Å². The second kappa shape index (κ2) is 22.0. The Morgan fingerprint density at radius 2 is 1.30 bits per heavy atom. The fraction of sp³-hybridized carbons (Fsp3) is 0.929. The van der Waals surface area contributed by atoms with Gasteiger partial charge in [-0.2, -0.15) is 0 Å². The Bertz CT molecular complexity index is 1400. The van der Waals surface area contributed by atoms with Crippen LogP contribution in [0, 0.1) is 46.3 Å². The zero-order valence-electron chi connectivity index (χ0n) is 35.5. The van der Waals surface area contributed by atoms with Crippen LogP contribution in [0.25, 0.3) is 0 Å². The third-order valence-corrected chi connectivity index (χ3v) is 15.5. The quantitative estimate of drug-likeness (QED) is 0.0486. The molecule has 0 aromatic carbocycles. The fourth-order valence-electron chi connectivity index (χ4n) is 11.8. The highest BCUT2D eigenvalue weighted by Crippen LogP contribution is 2.68. The Balaban J connectivity index is 1.27. The summed E-state index contributed by atoms with van der Waals surface area (Å²) in [6.45, 7) is 4.72. The highest BCUT2D eigenvalue weighted by Gasteiger charge is 2.63. The third-order valence-electron chi connectivity index (χ3n) is 15.5. The molecule has 348 valence electrons. The predicted molar refractivity (Wildman–Crippen MR) is 215 cm³/mol. The van der Waals surface area contributed by atoms with Crippen molar-refractivity contribution in [3.8, 4) is 0 Å². The minimum Gasteiger partial charge on any atom is -0.394 e. The molecule has 18 heteroatoms. The number of aliphatic hydroxyl groups excluding tert-OH is 12. The molecule has 0 spiro atoms. The van der Waals surface area contributed by atoms with Crippen molar-refractivity contribution in [2.75, 3.05) is 39.4 Å². The van der Waals surface area contributed by atoms with E-state index in [0.29, 0.717) is 30.1 Å². The van der Waals surface area contributed by atoms with Gasteiger partial charge in [0.1, 0.15) is 36.6 Å². The zero-order valence-corrected chi connectivity index (χ0v) is 35.5. The van der Waals surface area contributed by atoms with Crippen molar-refractivity contribution in [1.82, 2.24) is 15.5 Å². The van der Waals surface area contributed by atoms with Gasteiger partial charge in [0, 0.05) is 32.6 Å². The summed E-state index contributed by atoms with van der Waals surface area (Å²) in [6, 6.07) is 0. The number of rotatable bonds is 22. The second-order valence-electron chi connectivity index (χ2n) is 18.9. The highest BCUT2D eigenvalue weighted by atomic mass is 16.4. The lowest BCUT2D eigenvalue weighted by atomic mass is 9.43. The van der Waals surface area contributed by atoms with Gasteiger partial charge < -0.3 is 76.8 Å². The van der Waals surface area contributed by atoms with E-state index in [2.05, 4.69) is 31.4 Å². The van der Waals surface area contributed by atoms with Crippen molar-refractivity contribution in [3.63, 3.8) is 0 Å². The van der Waals surface area contributed by atoms with Crippen molar-refractivity contribution < 1.29 is 75.7 Å². The monoisotopic (exact) mass is 862 g/mol. The van der Waals surface area contributed by atoms with Crippen LogP contribution in [0.4, 0.5) is 0 Å². The number of fused-ring (bicyclic) bond motifs is 5. The zero-order chi connectivity index (χ0) is 44.7. The van der Waals surface area contributed by atoms with Crippen molar-refractivity contribution >= 4 is 17.7 Å². The molecular formula is C42H75N3O15. The minimum atomic E-state index is -2.21. The average molecular weight is 862 g/mol. The maximum absolute atomic E-state index is 13.3. The summed E-state index contributed by atoms with van der Waals surface area (Å²) in [5.41, 5.74) is -0.0810. The van der Waals surface area contributed by atoms with E-state index in [9.17, 15) is 65.4 Å². The van der Waals surface area contributed by atoms with Gasteiger partial charge in [-0.15, -0.1) is 0 Å². The molecule has 0 bridgehead atoms. The Morgan fingerprint density at radius 1 is 0.717 bits per heavy atom. The van der Waals surface area contributed by atoms with Crippen LogP contribution in [0.15, 0.2) is 0 Å². The van der Waals surface area contributed by atoms with E-state index < -0.39 is 80.0 Å². The smallest absolute Gasteiger partial charge is 0.254 e. The molecule has 0 aromatic heterocycles. The summed E-state index contributed by atoms with van der Waals surface area (Å²) in [4.78, 5) is 39.8. The highest BCUT2D eigenvalue weighted by molar-refractivity contribution is 5.82. The van der Waals surface area contributed by atoms with E-state index in [1.165, 1.54) is 0 Å². The molecule has 0 aromatic rings. The van der Waals surface area contributed by atoms with Gasteiger partial charge in [-0.1, -0.05) is 20.8 Å². The first-order valence-electron chi connectivity index (χ1n) is 22.1. The average Bonchev–Trinajstić information content (AvgIpc) is 3.61. The molecule has 3 amide bonds. The Kier molecular flexibility index (Phi) is 18.6. The molecule has 0 saturated heterocycles. The van der Waals surface area contributed by atoms with Gasteiger partial charge in [0.05, 0.1) is 25.4 Å². The number of amides is 3. The number of carbonyl (C=O) groups is 3. The van der Waals surface area contributed by atoms with Crippen LogP contribution in [-0.4, -0.2) is 184 Å². The van der Waals surface area contributed by atoms with Crippen LogP contribution >= 0.6 is 0 Å². The number of hydrogen-bond acceptors (Lipinski definition) is 15. The van der Waals surface area contributed by atoms with Gasteiger partial charge >= 0.3 is 0 Å². The molecule has 4 aliphatic rings. The van der Waals surface area contributed by atoms with Crippen molar-refractivity contribution in [2.24, 2.45) is 46.3 Å². The van der Waals surface area contributed by atoms with Crippen molar-refractivity contribution in [2.45, 2.75) is 159 Å². The molecule has 18 atom stereocenters. The molecule has 4 saturated carbocycles. The van der Waals surface area contributed by atoms with Gasteiger partial charge in [0.25, 0.3) is 11.8 Å². The maximum atomic E-state index is 13.3. The Labute approximate surface area is 353 Å². The molecule has 0 radical (unpaired) electrons. The van der Waals surface area contributed by atoms with Crippen LogP contribution in [0.1, 0.15) is 97.8 Å². The van der Waals surface area contributed by atoms with E-state index in [-0.39, 0.29) is 80.1 Å². The normalized spacial score (nSPS) is 34.6. The first-order chi connectivity index (χ1) is 28.2. The minimum absolute atomic E-state index is 0.0119.